The summed E-state index contributed by atoms with van der Waals surface area (Å²) in [6, 6.07) is 10.3. The van der Waals surface area contributed by atoms with Crippen LogP contribution in [0.3, 0.4) is 0 Å². The Hall–Kier alpha value is -3.22. The second kappa shape index (κ2) is 6.04. The number of para-hydroxylation sites is 1. The molecule has 0 radical (unpaired) electrons. The molecule has 0 bridgehead atoms. The van der Waals surface area contributed by atoms with Gasteiger partial charge in [-0.2, -0.15) is 0 Å². The summed E-state index contributed by atoms with van der Waals surface area (Å²) in [5.74, 6) is -1.13. The van der Waals surface area contributed by atoms with Crippen molar-refractivity contribution >= 4 is 23.2 Å². The van der Waals surface area contributed by atoms with Crippen molar-refractivity contribution in [1.29, 1.82) is 0 Å². The largest absolute Gasteiger partial charge is 0.366 e. The second-order valence-electron chi connectivity index (χ2n) is 4.62. The maximum Gasteiger partial charge on any atom is 0.269 e. The highest BCUT2D eigenvalue weighted by atomic mass is 16.6. The Balaban J connectivity index is 2.31. The number of aryl methyl sites for hydroxylation is 1. The van der Waals surface area contributed by atoms with E-state index < -0.39 is 16.7 Å². The molecule has 0 saturated heterocycles. The van der Waals surface area contributed by atoms with Gasteiger partial charge < -0.3 is 11.1 Å². The third kappa shape index (κ3) is 3.09. The van der Waals surface area contributed by atoms with Crippen molar-refractivity contribution in [3.8, 4) is 0 Å². The number of non-ortho nitro benzene ring substituents is 1. The van der Waals surface area contributed by atoms with Crippen LogP contribution in [-0.4, -0.2) is 16.7 Å². The lowest BCUT2D eigenvalue weighted by atomic mass is 10.1. The molecule has 112 valence electrons. The number of carbonyl (C=O) groups is 2. The molecule has 2 aromatic carbocycles. The number of anilines is 1. The predicted octanol–water partition coefficient (Wildman–Crippen LogP) is 2.25. The Labute approximate surface area is 125 Å². The van der Waals surface area contributed by atoms with Crippen LogP contribution in [0, 0.1) is 17.0 Å². The standard InChI is InChI=1S/C15H13N3O4/c1-9-8-10(18(21)22)6-7-11(9)15(20)17-13-5-3-2-4-12(13)14(16)19/h2-8H,1H3,(H2,16,19)(H,17,20). The van der Waals surface area contributed by atoms with Gasteiger partial charge in [-0.25, -0.2) is 0 Å². The number of primary amides is 1. The van der Waals surface area contributed by atoms with E-state index in [-0.39, 0.29) is 22.5 Å². The minimum atomic E-state index is -0.656. The van der Waals surface area contributed by atoms with Crippen LogP contribution in [0.1, 0.15) is 26.3 Å². The van der Waals surface area contributed by atoms with E-state index in [0.717, 1.165) is 0 Å². The molecular weight excluding hydrogens is 286 g/mol. The van der Waals surface area contributed by atoms with E-state index in [1.165, 1.54) is 24.3 Å². The molecule has 0 aliphatic heterocycles. The van der Waals surface area contributed by atoms with E-state index in [0.29, 0.717) is 5.56 Å². The van der Waals surface area contributed by atoms with Gasteiger partial charge in [-0.05, 0) is 30.7 Å². The van der Waals surface area contributed by atoms with Crippen LogP contribution in [0.5, 0.6) is 0 Å². The van der Waals surface area contributed by atoms with E-state index in [1.54, 1.807) is 25.1 Å². The number of amides is 2. The van der Waals surface area contributed by atoms with E-state index in [4.69, 9.17) is 5.73 Å². The molecule has 0 spiro atoms. The molecule has 0 heterocycles. The average Bonchev–Trinajstić information content (AvgIpc) is 2.47. The first kappa shape index (κ1) is 15.2. The van der Waals surface area contributed by atoms with Crippen LogP contribution in [-0.2, 0) is 0 Å². The van der Waals surface area contributed by atoms with Crippen LogP contribution in [0.2, 0.25) is 0 Å². The van der Waals surface area contributed by atoms with Crippen LogP contribution in [0.15, 0.2) is 42.5 Å². The number of hydrogen-bond acceptors (Lipinski definition) is 4. The smallest absolute Gasteiger partial charge is 0.269 e. The molecule has 0 atom stereocenters. The molecule has 2 aromatic rings. The van der Waals surface area contributed by atoms with Crippen molar-refractivity contribution in [3.63, 3.8) is 0 Å². The third-order valence-corrected chi connectivity index (χ3v) is 3.11. The maximum atomic E-state index is 12.3. The summed E-state index contributed by atoms with van der Waals surface area (Å²) < 4.78 is 0. The highest BCUT2D eigenvalue weighted by Crippen LogP contribution is 2.20. The first-order chi connectivity index (χ1) is 10.4. The number of nitro groups is 1. The van der Waals surface area contributed by atoms with Crippen LogP contribution in [0.4, 0.5) is 11.4 Å². The molecule has 0 aliphatic carbocycles. The molecule has 0 saturated carbocycles. The Morgan fingerprint density at radius 2 is 1.82 bits per heavy atom. The van der Waals surface area contributed by atoms with E-state index in [1.807, 2.05) is 0 Å². The molecular formula is C15H13N3O4. The molecule has 2 rings (SSSR count). The number of hydrogen-bond donors (Lipinski definition) is 2. The summed E-state index contributed by atoms with van der Waals surface area (Å²) in [5.41, 5.74) is 6.38. The monoisotopic (exact) mass is 299 g/mol. The quantitative estimate of drug-likeness (QED) is 0.665. The summed E-state index contributed by atoms with van der Waals surface area (Å²) >= 11 is 0. The van der Waals surface area contributed by atoms with Crippen molar-refractivity contribution in [2.45, 2.75) is 6.92 Å². The van der Waals surface area contributed by atoms with Gasteiger partial charge in [0.25, 0.3) is 17.5 Å². The van der Waals surface area contributed by atoms with Crippen molar-refractivity contribution in [2.24, 2.45) is 5.73 Å². The van der Waals surface area contributed by atoms with Gasteiger partial charge in [-0.3, -0.25) is 19.7 Å². The minimum Gasteiger partial charge on any atom is -0.366 e. The molecule has 0 aliphatic rings. The van der Waals surface area contributed by atoms with Crippen molar-refractivity contribution in [1.82, 2.24) is 0 Å². The maximum absolute atomic E-state index is 12.3. The first-order valence-electron chi connectivity index (χ1n) is 6.35. The van der Waals surface area contributed by atoms with Crippen molar-refractivity contribution in [3.05, 3.63) is 69.3 Å². The highest BCUT2D eigenvalue weighted by molar-refractivity contribution is 6.09. The number of nitro benzene ring substituents is 1. The zero-order valence-electron chi connectivity index (χ0n) is 11.7. The molecule has 3 N–H and O–H groups in total. The lowest BCUT2D eigenvalue weighted by molar-refractivity contribution is -0.384. The van der Waals surface area contributed by atoms with Gasteiger partial charge in [0.2, 0.25) is 0 Å². The molecule has 0 aromatic heterocycles. The fourth-order valence-electron chi connectivity index (χ4n) is 2.01. The van der Waals surface area contributed by atoms with Gasteiger partial charge in [0.05, 0.1) is 16.2 Å². The van der Waals surface area contributed by atoms with Gasteiger partial charge in [-0.1, -0.05) is 12.1 Å². The molecule has 22 heavy (non-hydrogen) atoms. The Kier molecular flexibility index (Phi) is 4.17. The Bertz CT molecular complexity index is 771. The molecule has 0 fully saturated rings. The van der Waals surface area contributed by atoms with Crippen LogP contribution < -0.4 is 11.1 Å². The van der Waals surface area contributed by atoms with Gasteiger partial charge in [0, 0.05) is 17.7 Å². The van der Waals surface area contributed by atoms with E-state index >= 15 is 0 Å². The predicted molar refractivity (Wildman–Crippen MR) is 80.7 cm³/mol. The summed E-state index contributed by atoms with van der Waals surface area (Å²) in [7, 11) is 0. The number of benzene rings is 2. The summed E-state index contributed by atoms with van der Waals surface area (Å²) in [5, 5.41) is 13.3. The molecule has 2 amide bonds. The number of nitrogens with two attached hydrogens (primary N) is 1. The average molecular weight is 299 g/mol. The molecule has 7 heteroatoms. The Morgan fingerprint density at radius 3 is 2.41 bits per heavy atom. The minimum absolute atomic E-state index is 0.0911. The topological polar surface area (TPSA) is 115 Å². The summed E-state index contributed by atoms with van der Waals surface area (Å²) in [6.07, 6.45) is 0. The normalized spacial score (nSPS) is 10.0. The third-order valence-electron chi connectivity index (χ3n) is 3.11. The second-order valence-corrected chi connectivity index (χ2v) is 4.62. The summed E-state index contributed by atoms with van der Waals surface area (Å²) in [4.78, 5) is 33.7. The lowest BCUT2D eigenvalue weighted by Crippen LogP contribution is -2.18. The van der Waals surface area contributed by atoms with Gasteiger partial charge in [0.1, 0.15) is 0 Å². The van der Waals surface area contributed by atoms with E-state index in [2.05, 4.69) is 5.32 Å². The van der Waals surface area contributed by atoms with Crippen LogP contribution >= 0.6 is 0 Å². The summed E-state index contributed by atoms with van der Waals surface area (Å²) in [6.45, 7) is 1.60. The van der Waals surface area contributed by atoms with Crippen LogP contribution in [0.25, 0.3) is 0 Å². The lowest BCUT2D eigenvalue weighted by Gasteiger charge is -2.10. The van der Waals surface area contributed by atoms with Gasteiger partial charge >= 0.3 is 0 Å². The zero-order valence-corrected chi connectivity index (χ0v) is 11.7. The van der Waals surface area contributed by atoms with Gasteiger partial charge in [-0.15, -0.1) is 0 Å². The highest BCUT2D eigenvalue weighted by Gasteiger charge is 2.15. The molecule has 0 unspecified atom stereocenters. The SMILES string of the molecule is Cc1cc([N+](=O)[O-])ccc1C(=O)Nc1ccccc1C(N)=O. The number of rotatable bonds is 4. The number of nitrogens with zero attached hydrogens (tertiary/aromatic N) is 1. The number of carbonyl (C=O) groups excluding carboxylic acids is 2. The number of nitrogens with one attached hydrogen (secondary N) is 1. The fraction of sp³-hybridized carbons (Fsp3) is 0.0667. The van der Waals surface area contributed by atoms with Gasteiger partial charge in [0.15, 0.2) is 0 Å². The van der Waals surface area contributed by atoms with E-state index in [9.17, 15) is 19.7 Å². The Morgan fingerprint density at radius 1 is 1.14 bits per heavy atom. The van der Waals surface area contributed by atoms with Crippen molar-refractivity contribution in [2.75, 3.05) is 5.32 Å². The first-order valence-corrected chi connectivity index (χ1v) is 6.35. The fourth-order valence-corrected chi connectivity index (χ4v) is 2.01. The zero-order chi connectivity index (χ0) is 16.3. The molecule has 7 nitrogen and oxygen atoms in total. The van der Waals surface area contributed by atoms with Crippen molar-refractivity contribution < 1.29 is 14.5 Å².